The molecule has 10 amide bonds. The number of hydrogen-bond acceptors (Lipinski definition) is 18. The number of aliphatic hydroxyl groups excluding tert-OH is 1. The molecule has 12 atom stereocenters. The Morgan fingerprint density at radius 3 is 2.03 bits per heavy atom. The van der Waals surface area contributed by atoms with Crippen LogP contribution in [0.1, 0.15) is 131 Å². The number of methoxy groups -OCH3 is 2. The van der Waals surface area contributed by atoms with Gasteiger partial charge in [0.1, 0.15) is 42.0 Å². The van der Waals surface area contributed by atoms with Gasteiger partial charge in [-0.05, 0) is 96.4 Å². The van der Waals surface area contributed by atoms with Gasteiger partial charge in [-0.25, -0.2) is 14.6 Å². The van der Waals surface area contributed by atoms with E-state index in [2.05, 4.69) is 36.9 Å². The Kier molecular flexibility index (Phi) is 33.1. The standard InChI is InChI=1S/C66H100N12O15S2/c1-15-41(8)57(50(91-13)35-53(80)77-33-20-24-49(77)59(92-14)42(9)60(82)70-43(10)58(81)45-21-17-16-18-22-45)75(11)64(86)55(39(4)5)74-63(85)56(40(6)7)76(12)66(88)93-37-44-25-27-46(28-26-44)71-61(83)48(23-19-32-68-65(67)87)72-62(84)54(38(2)3)73-51(79)31-34-94-95-52-30-29-47(36-69-52)78(89)90/h16-18,21-22,25-30,36,38-43,48-50,54-59,81H,15,19-20,23-24,31-35,37H2,1-14H3,(H,70,82)(H,71,83)(H,72,84)(H,73,79)(H,74,85)(H3,67,68,87)/t41-,42+,43+,48-,49-,50+,54-,55-,56-,57-,58+,59+/m0/s1. The van der Waals surface area contributed by atoms with E-state index in [4.69, 9.17) is 19.9 Å². The molecule has 0 saturated carbocycles. The first-order valence-electron chi connectivity index (χ1n) is 32.2. The van der Waals surface area contributed by atoms with Crippen LogP contribution in [-0.4, -0.2) is 185 Å². The molecule has 0 unspecified atom stereocenters. The zero-order chi connectivity index (χ0) is 70.8. The monoisotopic (exact) mass is 1360 g/mol. The predicted octanol–water partition coefficient (Wildman–Crippen LogP) is 6.73. The molecule has 3 aromatic rings. The van der Waals surface area contributed by atoms with Crippen LogP contribution in [0.2, 0.25) is 0 Å². The highest BCUT2D eigenvalue weighted by atomic mass is 33.1. The quantitative estimate of drug-likeness (QED) is 0.0128. The van der Waals surface area contributed by atoms with Gasteiger partial charge in [-0.2, -0.15) is 0 Å². The second-order valence-corrected chi connectivity index (χ2v) is 27.5. The number of primary amides is 1. The third-order valence-electron chi connectivity index (χ3n) is 17.0. The molecule has 29 heteroatoms. The number of aromatic nitrogens is 1. The van der Waals surface area contributed by atoms with Crippen LogP contribution in [0.15, 0.2) is 78.0 Å². The van der Waals surface area contributed by atoms with E-state index in [-0.39, 0.29) is 68.2 Å². The minimum atomic E-state index is -1.12. The summed E-state index contributed by atoms with van der Waals surface area (Å²) in [6.45, 7) is 18.3. The van der Waals surface area contributed by atoms with Gasteiger partial charge in [-0.3, -0.25) is 48.6 Å². The zero-order valence-electron chi connectivity index (χ0n) is 57.2. The maximum absolute atomic E-state index is 14.8. The number of ether oxygens (including phenoxy) is 3. The smallest absolute Gasteiger partial charge is 0.410 e. The first-order valence-corrected chi connectivity index (χ1v) is 34.6. The van der Waals surface area contributed by atoms with Crippen LogP contribution in [0.25, 0.3) is 0 Å². The van der Waals surface area contributed by atoms with Gasteiger partial charge in [-0.1, -0.05) is 122 Å². The Balaban J connectivity index is 1.38. The normalized spacial score (nSPS) is 16.5. The molecule has 1 aliphatic rings. The fourth-order valence-corrected chi connectivity index (χ4v) is 13.3. The summed E-state index contributed by atoms with van der Waals surface area (Å²) in [5.74, 6) is -5.01. The van der Waals surface area contributed by atoms with Gasteiger partial charge in [0, 0.05) is 65.3 Å². The third-order valence-corrected chi connectivity index (χ3v) is 19.3. The molecular formula is C66H100N12O15S2. The number of carbonyl (C=O) groups is 9. The molecule has 27 nitrogen and oxygen atoms in total. The summed E-state index contributed by atoms with van der Waals surface area (Å²) in [5, 5.41) is 39.1. The topological polar surface area (TPSA) is 365 Å². The summed E-state index contributed by atoms with van der Waals surface area (Å²) in [6, 6.07) is 11.5. The number of benzene rings is 2. The zero-order valence-corrected chi connectivity index (χ0v) is 58.8. The molecule has 9 N–H and O–H groups in total. The second-order valence-electron chi connectivity index (χ2n) is 25.1. The van der Waals surface area contributed by atoms with Crippen LogP contribution in [0, 0.1) is 39.7 Å². The number of nitrogens with one attached hydrogen (secondary N) is 6. The summed E-state index contributed by atoms with van der Waals surface area (Å²) in [7, 11) is 8.62. The lowest BCUT2D eigenvalue weighted by molar-refractivity contribution is -0.385. The largest absolute Gasteiger partial charge is 0.445 e. The molecule has 0 radical (unpaired) electrons. The first kappa shape index (κ1) is 79.8. The van der Waals surface area contributed by atoms with Crippen molar-refractivity contribution in [2.75, 3.05) is 52.5 Å². The van der Waals surface area contributed by atoms with Crippen LogP contribution in [0.5, 0.6) is 0 Å². The first-order chi connectivity index (χ1) is 44.9. The van der Waals surface area contributed by atoms with Crippen molar-refractivity contribution >= 4 is 86.4 Å². The van der Waals surface area contributed by atoms with E-state index in [9.17, 15) is 58.4 Å². The van der Waals surface area contributed by atoms with Crippen LogP contribution < -0.4 is 37.6 Å². The minimum absolute atomic E-state index is 0.0348. The van der Waals surface area contributed by atoms with Crippen molar-refractivity contribution in [1.29, 1.82) is 0 Å². The van der Waals surface area contributed by atoms with Gasteiger partial charge in [0.15, 0.2) is 0 Å². The molecule has 1 aliphatic heterocycles. The highest BCUT2D eigenvalue weighted by molar-refractivity contribution is 8.76. The van der Waals surface area contributed by atoms with Gasteiger partial charge in [0.05, 0.1) is 53.7 Å². The lowest BCUT2D eigenvalue weighted by Crippen LogP contribution is -2.60. The van der Waals surface area contributed by atoms with Crippen molar-refractivity contribution in [3.8, 4) is 0 Å². The number of rotatable bonds is 38. The Labute approximate surface area is 565 Å². The number of nitro groups is 1. The fraction of sp³-hybridized carbons (Fsp3) is 0.606. The van der Waals surface area contributed by atoms with E-state index >= 15 is 0 Å². The number of aliphatic hydroxyl groups is 1. The summed E-state index contributed by atoms with van der Waals surface area (Å²) >= 11 is 0. The van der Waals surface area contributed by atoms with Gasteiger partial charge in [-0.15, -0.1) is 0 Å². The van der Waals surface area contributed by atoms with Crippen molar-refractivity contribution in [1.82, 2.24) is 46.3 Å². The van der Waals surface area contributed by atoms with E-state index < -0.39 is 125 Å². The SMILES string of the molecule is CC[C@H](C)[C@@H]([C@@H](CC(=O)N1CCC[C@H]1[C@H](OC)[C@@H](C)C(=O)N[C@H](C)[C@@H](O)c1ccccc1)OC)N(C)C(=O)[C@@H](NC(=O)[C@H](C(C)C)N(C)C(=O)OCc1ccc(NC(=O)[C@H](CCCNC(N)=O)NC(=O)[C@@H](NC(=O)CCSSc2ccc([N+](=O)[O-])cn2)C(C)C)cc1)C(C)C. The summed E-state index contributed by atoms with van der Waals surface area (Å²) in [4.78, 5) is 142. The minimum Gasteiger partial charge on any atom is -0.445 e. The number of amides is 10. The number of hydrogen-bond donors (Lipinski definition) is 8. The Morgan fingerprint density at radius 1 is 0.800 bits per heavy atom. The Hall–Kier alpha value is -7.60. The number of nitrogens with two attached hydrogens (primary N) is 1. The molecule has 95 heavy (non-hydrogen) atoms. The van der Waals surface area contributed by atoms with Crippen LogP contribution in [-0.2, 0) is 54.4 Å². The molecular weight excluding hydrogens is 1260 g/mol. The highest BCUT2D eigenvalue weighted by Gasteiger charge is 2.44. The number of urea groups is 1. The van der Waals surface area contributed by atoms with Crippen molar-refractivity contribution < 1.29 is 67.4 Å². The summed E-state index contributed by atoms with van der Waals surface area (Å²) < 4.78 is 17.7. The number of carbonyl (C=O) groups excluding carboxylic acids is 9. The second kappa shape index (κ2) is 39.4. The van der Waals surface area contributed by atoms with E-state index in [1.54, 1.807) is 109 Å². The number of anilines is 1. The molecule has 2 aromatic carbocycles. The van der Waals surface area contributed by atoms with Crippen LogP contribution in [0.3, 0.4) is 0 Å². The van der Waals surface area contributed by atoms with Crippen LogP contribution >= 0.6 is 21.6 Å². The Morgan fingerprint density at radius 2 is 1.46 bits per heavy atom. The summed E-state index contributed by atoms with van der Waals surface area (Å²) in [6.07, 6.45) is 0.0752. The number of nitrogens with zero attached hydrogens (tertiary/aromatic N) is 5. The fourth-order valence-electron chi connectivity index (χ4n) is 11.4. The van der Waals surface area contributed by atoms with Gasteiger partial charge >= 0.3 is 12.1 Å². The van der Waals surface area contributed by atoms with Crippen molar-refractivity contribution in [3.05, 3.63) is 94.2 Å². The van der Waals surface area contributed by atoms with E-state index in [0.29, 0.717) is 53.4 Å². The Bertz CT molecular complexity index is 3010. The summed E-state index contributed by atoms with van der Waals surface area (Å²) in [5.41, 5.74) is 6.62. The molecule has 1 aromatic heterocycles. The molecule has 0 bridgehead atoms. The molecule has 0 spiro atoms. The van der Waals surface area contributed by atoms with Crippen molar-refractivity contribution in [2.45, 2.75) is 186 Å². The average Bonchev–Trinajstić information content (AvgIpc) is 1.80. The van der Waals surface area contributed by atoms with E-state index in [1.165, 1.54) is 59.9 Å². The predicted molar refractivity (Wildman–Crippen MR) is 363 cm³/mol. The molecule has 4 rings (SSSR count). The van der Waals surface area contributed by atoms with E-state index in [1.807, 2.05) is 32.0 Å². The number of likely N-dealkylation sites (N-methyl/N-ethyl adjacent to an activating group) is 2. The molecule has 1 saturated heterocycles. The van der Waals surface area contributed by atoms with Gasteiger partial charge < -0.3 is 66.8 Å². The molecule has 526 valence electrons. The average molecular weight is 1370 g/mol. The van der Waals surface area contributed by atoms with Crippen molar-refractivity contribution in [3.63, 3.8) is 0 Å². The number of pyridine rings is 1. The van der Waals surface area contributed by atoms with E-state index in [0.717, 1.165) is 6.20 Å². The third kappa shape index (κ3) is 24.2. The van der Waals surface area contributed by atoms with Gasteiger partial charge in [0.2, 0.25) is 41.4 Å². The molecule has 0 aliphatic carbocycles. The molecule has 1 fully saturated rings. The van der Waals surface area contributed by atoms with Crippen LogP contribution in [0.4, 0.5) is 21.0 Å². The highest BCUT2D eigenvalue weighted by Crippen LogP contribution is 2.32. The lowest BCUT2D eigenvalue weighted by atomic mass is 9.89. The van der Waals surface area contributed by atoms with Crippen molar-refractivity contribution in [2.24, 2.45) is 35.3 Å². The maximum atomic E-state index is 14.8. The number of likely N-dealkylation sites (tertiary alicyclic amines) is 1. The maximum Gasteiger partial charge on any atom is 0.410 e. The molecule has 2 heterocycles. The lowest BCUT2D eigenvalue weighted by Gasteiger charge is -2.41. The van der Waals surface area contributed by atoms with Gasteiger partial charge in [0.25, 0.3) is 5.69 Å².